The van der Waals surface area contributed by atoms with Crippen LogP contribution in [-0.4, -0.2) is 50.0 Å². The van der Waals surface area contributed by atoms with Crippen LogP contribution in [0.5, 0.6) is 28.7 Å². The van der Waals surface area contributed by atoms with Gasteiger partial charge in [0.05, 0.1) is 40.6 Å². The highest BCUT2D eigenvalue weighted by Crippen LogP contribution is 2.46. The lowest BCUT2D eigenvalue weighted by Crippen LogP contribution is -2.27. The number of hydrogen-bond donors (Lipinski definition) is 7. The van der Waals surface area contributed by atoms with E-state index in [4.69, 9.17) is 9.47 Å². The quantitative estimate of drug-likeness (QED) is 0.100. The normalized spacial score (nSPS) is 12.3. The molecule has 0 atom stereocenters. The number of phenols is 3. The fourth-order valence-electron chi connectivity index (χ4n) is 6.18. The Balaban J connectivity index is 2.06. The first-order valence-corrected chi connectivity index (χ1v) is 15.8. The van der Waals surface area contributed by atoms with Crippen molar-refractivity contribution in [1.82, 2.24) is 0 Å². The van der Waals surface area contributed by atoms with Crippen LogP contribution in [0.25, 0.3) is 0 Å². The molecule has 0 radical (unpaired) electrons. The van der Waals surface area contributed by atoms with Crippen molar-refractivity contribution in [3.8, 4) is 28.7 Å². The number of benzene rings is 4. The standard InChI is InChI=1S/C39H48O9/c1-37(2,26-9-22(18-40)34(44)23(10-26)19-41)29-13-30(38(3,4)27-11-24(20-42)35(45)32(16-27)47-7)15-31(14-29)39(5,6)28-12-25(21-43)36(46)33(17-28)48-8/h9-17,40-46H,18-21H2,1-8H3. The molecule has 0 aliphatic carbocycles. The van der Waals surface area contributed by atoms with Crippen molar-refractivity contribution < 1.29 is 45.2 Å². The van der Waals surface area contributed by atoms with Gasteiger partial charge < -0.3 is 45.2 Å². The van der Waals surface area contributed by atoms with Gasteiger partial charge in [0.1, 0.15) is 5.75 Å². The average molecular weight is 661 g/mol. The molecule has 9 heteroatoms. The third-order valence-corrected chi connectivity index (χ3v) is 9.96. The number of hydrogen-bond acceptors (Lipinski definition) is 9. The van der Waals surface area contributed by atoms with Crippen molar-refractivity contribution in [2.24, 2.45) is 0 Å². The summed E-state index contributed by atoms with van der Waals surface area (Å²) in [6.45, 7) is 10.7. The molecule has 0 aromatic heterocycles. The van der Waals surface area contributed by atoms with Gasteiger partial charge >= 0.3 is 0 Å². The monoisotopic (exact) mass is 660 g/mol. The van der Waals surface area contributed by atoms with E-state index in [1.54, 1.807) is 36.4 Å². The lowest BCUT2D eigenvalue weighted by Gasteiger charge is -2.35. The second-order valence-electron chi connectivity index (χ2n) is 13.8. The second kappa shape index (κ2) is 13.7. The Kier molecular flexibility index (Phi) is 10.4. The maximum atomic E-state index is 10.6. The highest BCUT2D eigenvalue weighted by Gasteiger charge is 2.34. The lowest BCUT2D eigenvalue weighted by atomic mass is 9.68. The molecule has 0 aliphatic heterocycles. The van der Waals surface area contributed by atoms with Gasteiger partial charge in [0.15, 0.2) is 23.0 Å². The number of aliphatic hydroxyl groups excluding tert-OH is 4. The van der Waals surface area contributed by atoms with Gasteiger partial charge in [-0.05, 0) is 69.8 Å². The van der Waals surface area contributed by atoms with Crippen molar-refractivity contribution in [3.63, 3.8) is 0 Å². The Hall–Kier alpha value is -4.28. The van der Waals surface area contributed by atoms with E-state index in [1.165, 1.54) is 14.2 Å². The zero-order chi connectivity index (χ0) is 35.8. The highest BCUT2D eigenvalue weighted by atomic mass is 16.5. The summed E-state index contributed by atoms with van der Waals surface area (Å²) in [5.41, 5.74) is 4.28. The minimum absolute atomic E-state index is 0.121. The van der Waals surface area contributed by atoms with Crippen molar-refractivity contribution in [3.05, 3.63) is 110 Å². The van der Waals surface area contributed by atoms with Crippen LogP contribution in [0.4, 0.5) is 0 Å². The summed E-state index contributed by atoms with van der Waals surface area (Å²) < 4.78 is 10.9. The summed E-state index contributed by atoms with van der Waals surface area (Å²) >= 11 is 0. The smallest absolute Gasteiger partial charge is 0.163 e. The van der Waals surface area contributed by atoms with Crippen LogP contribution in [0.3, 0.4) is 0 Å². The van der Waals surface area contributed by atoms with Crippen LogP contribution in [0.15, 0.2) is 54.6 Å². The van der Waals surface area contributed by atoms with E-state index >= 15 is 0 Å². The summed E-state index contributed by atoms with van der Waals surface area (Å²) in [6.07, 6.45) is 0. The van der Waals surface area contributed by atoms with Gasteiger partial charge in [0.2, 0.25) is 0 Å². The van der Waals surface area contributed by atoms with E-state index in [2.05, 4.69) is 18.2 Å². The zero-order valence-electron chi connectivity index (χ0n) is 29.0. The molecule has 0 amide bonds. The summed E-state index contributed by atoms with van der Waals surface area (Å²) in [7, 11) is 2.92. The van der Waals surface area contributed by atoms with E-state index in [1.807, 2.05) is 41.5 Å². The molecule has 0 unspecified atom stereocenters. The summed E-state index contributed by atoms with van der Waals surface area (Å²) in [5, 5.41) is 72.0. The van der Waals surface area contributed by atoms with Gasteiger partial charge in [-0.25, -0.2) is 0 Å². The molecule has 4 rings (SSSR count). The zero-order valence-corrected chi connectivity index (χ0v) is 29.0. The van der Waals surface area contributed by atoms with Gasteiger partial charge in [-0.15, -0.1) is 0 Å². The molecule has 48 heavy (non-hydrogen) atoms. The predicted molar refractivity (Wildman–Crippen MR) is 184 cm³/mol. The van der Waals surface area contributed by atoms with Gasteiger partial charge in [-0.2, -0.15) is 0 Å². The number of methoxy groups -OCH3 is 2. The molecule has 4 aromatic carbocycles. The van der Waals surface area contributed by atoms with E-state index in [9.17, 15) is 35.7 Å². The average Bonchev–Trinajstić information content (AvgIpc) is 3.07. The molecule has 0 heterocycles. The molecule has 7 N–H and O–H groups in total. The summed E-state index contributed by atoms with van der Waals surface area (Å²) in [6, 6.07) is 16.8. The largest absolute Gasteiger partial charge is 0.507 e. The fourth-order valence-corrected chi connectivity index (χ4v) is 6.18. The molecule has 0 fully saturated rings. The van der Waals surface area contributed by atoms with Gasteiger partial charge in [-0.1, -0.05) is 59.7 Å². The van der Waals surface area contributed by atoms with Crippen LogP contribution in [0.1, 0.15) is 97.2 Å². The third-order valence-electron chi connectivity index (χ3n) is 9.96. The molecule has 0 saturated carbocycles. The molecule has 0 spiro atoms. The molecule has 4 aromatic rings. The molecular weight excluding hydrogens is 612 g/mol. The first kappa shape index (κ1) is 36.6. The van der Waals surface area contributed by atoms with Crippen LogP contribution < -0.4 is 9.47 Å². The summed E-state index contributed by atoms with van der Waals surface area (Å²) in [4.78, 5) is 0. The van der Waals surface area contributed by atoms with E-state index in [0.29, 0.717) is 22.3 Å². The Morgan fingerprint density at radius 3 is 0.875 bits per heavy atom. The Morgan fingerprint density at radius 1 is 0.396 bits per heavy atom. The van der Waals surface area contributed by atoms with Gasteiger partial charge in [-0.3, -0.25) is 0 Å². The SMILES string of the molecule is COc1cc(C(C)(C)c2cc(C(C)(C)c3cc(CO)c(O)c(CO)c3)cc(C(C)(C)c3cc(CO)c(O)c(OC)c3)c2)cc(CO)c1O. The Labute approximate surface area is 282 Å². The third kappa shape index (κ3) is 6.43. The molecule has 258 valence electrons. The minimum Gasteiger partial charge on any atom is -0.507 e. The molecule has 0 aliphatic rings. The van der Waals surface area contributed by atoms with E-state index in [-0.39, 0.29) is 42.0 Å². The maximum absolute atomic E-state index is 10.6. The number of ether oxygens (including phenoxy) is 2. The molecular formula is C39H48O9. The first-order chi connectivity index (χ1) is 22.5. The minimum atomic E-state index is -0.704. The van der Waals surface area contributed by atoms with Crippen molar-refractivity contribution in [2.45, 2.75) is 84.2 Å². The van der Waals surface area contributed by atoms with Crippen LogP contribution >= 0.6 is 0 Å². The molecule has 9 nitrogen and oxygen atoms in total. The van der Waals surface area contributed by atoms with Crippen molar-refractivity contribution in [1.29, 1.82) is 0 Å². The first-order valence-electron chi connectivity index (χ1n) is 15.8. The number of aromatic hydroxyl groups is 3. The van der Waals surface area contributed by atoms with Crippen LogP contribution in [-0.2, 0) is 42.7 Å². The lowest BCUT2D eigenvalue weighted by molar-refractivity contribution is 0.263. The van der Waals surface area contributed by atoms with Crippen LogP contribution in [0, 0.1) is 0 Å². The van der Waals surface area contributed by atoms with Gasteiger partial charge in [0.25, 0.3) is 0 Å². The number of aliphatic hydroxyl groups is 4. The van der Waals surface area contributed by atoms with Crippen molar-refractivity contribution >= 4 is 0 Å². The summed E-state index contributed by atoms with van der Waals surface area (Å²) in [5.74, 6) is 0.101. The van der Waals surface area contributed by atoms with E-state index in [0.717, 1.165) is 33.4 Å². The molecule has 0 saturated heterocycles. The van der Waals surface area contributed by atoms with Gasteiger partial charge in [0, 0.05) is 38.5 Å². The number of rotatable bonds is 12. The Morgan fingerprint density at radius 2 is 0.625 bits per heavy atom. The Bertz CT molecular complexity index is 1510. The fraction of sp³-hybridized carbons (Fsp3) is 0.385. The topological polar surface area (TPSA) is 160 Å². The second-order valence-corrected chi connectivity index (χ2v) is 13.8. The van der Waals surface area contributed by atoms with E-state index < -0.39 is 29.5 Å². The predicted octanol–water partition coefficient (Wildman–Crippen LogP) is 5.77. The highest BCUT2D eigenvalue weighted by molar-refractivity contribution is 5.57. The van der Waals surface area contributed by atoms with Crippen LogP contribution in [0.2, 0.25) is 0 Å². The van der Waals surface area contributed by atoms with Crippen molar-refractivity contribution in [2.75, 3.05) is 14.2 Å². The molecule has 0 bridgehead atoms. The maximum Gasteiger partial charge on any atom is 0.163 e.